The second-order valence-corrected chi connectivity index (χ2v) is 2.95. The fraction of sp³-hybridized carbons (Fsp3) is 0. The molecule has 0 fully saturated rings. The highest BCUT2D eigenvalue weighted by molar-refractivity contribution is 5.93. The van der Waals surface area contributed by atoms with Crippen LogP contribution >= 0.6 is 0 Å². The zero-order chi connectivity index (χ0) is 10.7. The summed E-state index contributed by atoms with van der Waals surface area (Å²) in [7, 11) is 0. The molecule has 1 aromatic carbocycles. The fourth-order valence-corrected chi connectivity index (χ4v) is 1.21. The third-order valence-electron chi connectivity index (χ3n) is 1.91. The Balaban J connectivity index is 2.25. The SMILES string of the molecule is O=C(O)c1cn[nH]c1Nc1ccccc1. The molecule has 1 aromatic heterocycles. The van der Waals surface area contributed by atoms with Gasteiger partial charge < -0.3 is 10.4 Å². The van der Waals surface area contributed by atoms with E-state index in [1.807, 2.05) is 30.3 Å². The lowest BCUT2D eigenvalue weighted by molar-refractivity contribution is 0.0698. The van der Waals surface area contributed by atoms with Gasteiger partial charge in [-0.15, -0.1) is 0 Å². The number of carboxylic acids is 1. The van der Waals surface area contributed by atoms with Crippen molar-refractivity contribution in [2.75, 3.05) is 5.32 Å². The summed E-state index contributed by atoms with van der Waals surface area (Å²) in [6.45, 7) is 0. The van der Waals surface area contributed by atoms with Crippen molar-refractivity contribution < 1.29 is 9.90 Å². The van der Waals surface area contributed by atoms with Gasteiger partial charge >= 0.3 is 5.97 Å². The van der Waals surface area contributed by atoms with Gasteiger partial charge in [0.15, 0.2) is 0 Å². The summed E-state index contributed by atoms with van der Waals surface area (Å²) >= 11 is 0. The van der Waals surface area contributed by atoms with Crippen molar-refractivity contribution in [3.63, 3.8) is 0 Å². The number of hydrogen-bond acceptors (Lipinski definition) is 3. The van der Waals surface area contributed by atoms with Crippen molar-refractivity contribution in [3.8, 4) is 0 Å². The maximum Gasteiger partial charge on any atom is 0.341 e. The topological polar surface area (TPSA) is 78.0 Å². The molecule has 0 amide bonds. The van der Waals surface area contributed by atoms with Crippen molar-refractivity contribution in [3.05, 3.63) is 42.1 Å². The van der Waals surface area contributed by atoms with Gasteiger partial charge in [0.25, 0.3) is 0 Å². The Kier molecular flexibility index (Phi) is 2.37. The Hall–Kier alpha value is -2.30. The van der Waals surface area contributed by atoms with E-state index < -0.39 is 5.97 Å². The number of hydrogen-bond donors (Lipinski definition) is 3. The Morgan fingerprint density at radius 3 is 2.73 bits per heavy atom. The molecule has 0 aliphatic carbocycles. The van der Waals surface area contributed by atoms with Gasteiger partial charge in [0.2, 0.25) is 0 Å². The van der Waals surface area contributed by atoms with Gasteiger partial charge in [-0.3, -0.25) is 5.10 Å². The molecular weight excluding hydrogens is 194 g/mol. The van der Waals surface area contributed by atoms with E-state index in [-0.39, 0.29) is 5.56 Å². The summed E-state index contributed by atoms with van der Waals surface area (Å²) in [5.41, 5.74) is 0.933. The molecule has 3 N–H and O–H groups in total. The molecule has 0 spiro atoms. The van der Waals surface area contributed by atoms with E-state index in [1.54, 1.807) is 0 Å². The van der Waals surface area contributed by atoms with E-state index in [2.05, 4.69) is 15.5 Å². The molecule has 1 heterocycles. The molecule has 0 atom stereocenters. The minimum absolute atomic E-state index is 0.124. The van der Waals surface area contributed by atoms with E-state index >= 15 is 0 Å². The van der Waals surface area contributed by atoms with Crippen LogP contribution in [0.1, 0.15) is 10.4 Å². The van der Waals surface area contributed by atoms with Crippen LogP contribution in [0.5, 0.6) is 0 Å². The highest BCUT2D eigenvalue weighted by atomic mass is 16.4. The van der Waals surface area contributed by atoms with Crippen molar-refractivity contribution in [1.29, 1.82) is 0 Å². The van der Waals surface area contributed by atoms with Gasteiger partial charge in [-0.1, -0.05) is 18.2 Å². The third-order valence-corrected chi connectivity index (χ3v) is 1.91. The van der Waals surface area contributed by atoms with E-state index in [9.17, 15) is 4.79 Å². The van der Waals surface area contributed by atoms with Gasteiger partial charge in [0.05, 0.1) is 6.20 Å². The summed E-state index contributed by atoms with van der Waals surface area (Å²) in [4.78, 5) is 10.8. The number of para-hydroxylation sites is 1. The maximum absolute atomic E-state index is 10.8. The Bertz CT molecular complexity index is 465. The first-order chi connectivity index (χ1) is 7.27. The number of nitrogens with one attached hydrogen (secondary N) is 2. The van der Waals surface area contributed by atoms with Gasteiger partial charge in [-0.25, -0.2) is 4.79 Å². The molecule has 2 rings (SSSR count). The molecular formula is C10H9N3O2. The van der Waals surface area contributed by atoms with Crippen molar-refractivity contribution in [2.24, 2.45) is 0 Å². The number of anilines is 2. The molecule has 2 aromatic rings. The predicted octanol–water partition coefficient (Wildman–Crippen LogP) is 1.85. The lowest BCUT2D eigenvalue weighted by atomic mass is 10.3. The van der Waals surface area contributed by atoms with Crippen LogP contribution in [0.15, 0.2) is 36.5 Å². The Morgan fingerprint density at radius 2 is 2.07 bits per heavy atom. The second-order valence-electron chi connectivity index (χ2n) is 2.95. The highest BCUT2D eigenvalue weighted by Gasteiger charge is 2.11. The number of benzene rings is 1. The molecule has 5 heteroatoms. The number of H-pyrrole nitrogens is 1. The summed E-state index contributed by atoms with van der Waals surface area (Å²) in [6, 6.07) is 9.29. The number of nitrogens with zero attached hydrogens (tertiary/aromatic N) is 1. The summed E-state index contributed by atoms with van der Waals surface area (Å²) in [6.07, 6.45) is 1.27. The standard InChI is InChI=1S/C10H9N3O2/c14-10(15)8-6-11-13-9(8)12-7-4-2-1-3-5-7/h1-6H,(H,14,15)(H2,11,12,13). The van der Waals surface area contributed by atoms with Crippen LogP contribution in [0.4, 0.5) is 11.5 Å². The van der Waals surface area contributed by atoms with Gasteiger partial charge in [0.1, 0.15) is 11.4 Å². The molecule has 0 aliphatic rings. The predicted molar refractivity (Wildman–Crippen MR) is 55.3 cm³/mol. The zero-order valence-corrected chi connectivity index (χ0v) is 7.77. The number of aromatic nitrogens is 2. The van der Waals surface area contributed by atoms with E-state index in [4.69, 9.17) is 5.11 Å². The lowest BCUT2D eigenvalue weighted by Gasteiger charge is -2.03. The average molecular weight is 203 g/mol. The molecule has 0 saturated carbocycles. The molecule has 15 heavy (non-hydrogen) atoms. The van der Waals surface area contributed by atoms with Crippen LogP contribution in [0.2, 0.25) is 0 Å². The zero-order valence-electron chi connectivity index (χ0n) is 7.77. The normalized spacial score (nSPS) is 9.87. The first kappa shape index (κ1) is 9.26. The molecule has 0 bridgehead atoms. The van der Waals surface area contributed by atoms with Crippen LogP contribution in [0, 0.1) is 0 Å². The van der Waals surface area contributed by atoms with E-state index in [0.717, 1.165) is 5.69 Å². The highest BCUT2D eigenvalue weighted by Crippen LogP contribution is 2.17. The third kappa shape index (κ3) is 1.96. The Morgan fingerprint density at radius 1 is 1.33 bits per heavy atom. The van der Waals surface area contributed by atoms with Crippen LogP contribution in [0.25, 0.3) is 0 Å². The van der Waals surface area contributed by atoms with Gasteiger partial charge in [-0.05, 0) is 12.1 Å². The number of carboxylic acid groups (broad SMARTS) is 1. The summed E-state index contributed by atoms with van der Waals surface area (Å²) in [5.74, 6) is -0.629. The van der Waals surface area contributed by atoms with Crippen LogP contribution < -0.4 is 5.32 Å². The first-order valence-corrected chi connectivity index (χ1v) is 4.36. The van der Waals surface area contributed by atoms with Gasteiger partial charge in [-0.2, -0.15) is 5.10 Å². The summed E-state index contributed by atoms with van der Waals surface area (Å²) < 4.78 is 0. The maximum atomic E-state index is 10.8. The fourth-order valence-electron chi connectivity index (χ4n) is 1.21. The minimum Gasteiger partial charge on any atom is -0.477 e. The first-order valence-electron chi connectivity index (χ1n) is 4.36. The number of aromatic amines is 1. The largest absolute Gasteiger partial charge is 0.477 e. The van der Waals surface area contributed by atoms with Crippen LogP contribution in [-0.2, 0) is 0 Å². The smallest absolute Gasteiger partial charge is 0.341 e. The van der Waals surface area contributed by atoms with Crippen molar-refractivity contribution in [1.82, 2.24) is 10.2 Å². The molecule has 0 radical (unpaired) electrons. The average Bonchev–Trinajstić information content (AvgIpc) is 2.67. The molecule has 76 valence electrons. The van der Waals surface area contributed by atoms with Crippen LogP contribution in [0.3, 0.4) is 0 Å². The Labute approximate surface area is 85.8 Å². The van der Waals surface area contributed by atoms with Crippen LogP contribution in [-0.4, -0.2) is 21.3 Å². The van der Waals surface area contributed by atoms with E-state index in [0.29, 0.717) is 5.82 Å². The molecule has 5 nitrogen and oxygen atoms in total. The van der Waals surface area contributed by atoms with Gasteiger partial charge in [0, 0.05) is 5.69 Å². The number of aromatic carboxylic acids is 1. The van der Waals surface area contributed by atoms with E-state index in [1.165, 1.54) is 6.20 Å². The minimum atomic E-state index is -1.01. The second kappa shape index (κ2) is 3.83. The summed E-state index contributed by atoms with van der Waals surface area (Å²) in [5, 5.41) is 18.0. The number of rotatable bonds is 3. The quantitative estimate of drug-likeness (QED) is 0.711. The van der Waals surface area contributed by atoms with Crippen molar-refractivity contribution in [2.45, 2.75) is 0 Å². The molecule has 0 aliphatic heterocycles. The lowest BCUT2D eigenvalue weighted by Crippen LogP contribution is -2.00. The van der Waals surface area contributed by atoms with Crippen molar-refractivity contribution >= 4 is 17.5 Å². The molecule has 0 unspecified atom stereocenters. The molecule has 0 saturated heterocycles. The monoisotopic (exact) mass is 203 g/mol. The number of carbonyl (C=O) groups is 1.